The third kappa shape index (κ3) is 3.23. The molecule has 1 atom stereocenters. The molecule has 1 unspecified atom stereocenters. The summed E-state index contributed by atoms with van der Waals surface area (Å²) in [5.74, 6) is 0.854. The molecule has 3 aliphatic heterocycles. The van der Waals surface area contributed by atoms with Gasteiger partial charge in [-0.25, -0.2) is 8.42 Å². The Morgan fingerprint density at radius 3 is 2.67 bits per heavy atom. The number of hydrogen-bond donors (Lipinski definition) is 0. The molecule has 3 heterocycles. The average molecular weight is 430 g/mol. The van der Waals surface area contributed by atoms with Gasteiger partial charge in [-0.05, 0) is 37.1 Å². The summed E-state index contributed by atoms with van der Waals surface area (Å²) in [5, 5.41) is 0. The number of hydrogen-bond acceptors (Lipinski definition) is 6. The van der Waals surface area contributed by atoms with Crippen molar-refractivity contribution in [2.75, 3.05) is 49.8 Å². The maximum absolute atomic E-state index is 13.2. The summed E-state index contributed by atoms with van der Waals surface area (Å²) in [6.07, 6.45) is 2.46. The van der Waals surface area contributed by atoms with Gasteiger partial charge in [0.2, 0.25) is 10.0 Å². The maximum atomic E-state index is 13.2. The van der Waals surface area contributed by atoms with Crippen molar-refractivity contribution in [3.8, 4) is 5.75 Å². The molecule has 0 saturated carbocycles. The summed E-state index contributed by atoms with van der Waals surface area (Å²) >= 11 is 0. The SMILES string of the molecule is COc1ccccc1CN1c2cc(S(=O)(=O)N3CCOCC3)ccc2N2CCCC21. The normalized spacial score (nSPS) is 21.6. The molecule has 7 nitrogen and oxygen atoms in total. The predicted octanol–water partition coefficient (Wildman–Crippen LogP) is 2.66. The summed E-state index contributed by atoms with van der Waals surface area (Å²) in [6.45, 7) is 3.37. The van der Waals surface area contributed by atoms with Crippen LogP contribution in [0.2, 0.25) is 0 Å². The molecule has 5 rings (SSSR count). The molecule has 2 fully saturated rings. The van der Waals surface area contributed by atoms with Crippen LogP contribution in [-0.2, 0) is 21.3 Å². The summed E-state index contributed by atoms with van der Waals surface area (Å²) in [4.78, 5) is 5.09. The molecule has 8 heteroatoms. The minimum atomic E-state index is -3.53. The number of anilines is 2. The molecule has 0 N–H and O–H groups in total. The third-order valence-electron chi connectivity index (χ3n) is 6.29. The van der Waals surface area contributed by atoms with E-state index in [2.05, 4.69) is 15.9 Å². The summed E-state index contributed by atoms with van der Waals surface area (Å²) in [5.41, 5.74) is 3.20. The zero-order valence-corrected chi connectivity index (χ0v) is 18.0. The lowest BCUT2D eigenvalue weighted by molar-refractivity contribution is 0.0730. The number of fused-ring (bicyclic) bond motifs is 3. The number of rotatable bonds is 5. The fourth-order valence-corrected chi connectivity index (χ4v) is 6.22. The first-order valence-electron chi connectivity index (χ1n) is 10.5. The second-order valence-corrected chi connectivity index (χ2v) is 9.86. The van der Waals surface area contributed by atoms with Crippen molar-refractivity contribution in [1.29, 1.82) is 0 Å². The molecule has 0 aliphatic carbocycles. The molecular formula is C22H27N3O4S. The largest absolute Gasteiger partial charge is 0.496 e. The van der Waals surface area contributed by atoms with Crippen molar-refractivity contribution in [3.05, 3.63) is 48.0 Å². The Morgan fingerprint density at radius 1 is 1.07 bits per heavy atom. The van der Waals surface area contributed by atoms with E-state index in [-0.39, 0.29) is 6.17 Å². The zero-order chi connectivity index (χ0) is 20.7. The van der Waals surface area contributed by atoms with Crippen LogP contribution in [0.25, 0.3) is 0 Å². The minimum Gasteiger partial charge on any atom is -0.496 e. The number of benzene rings is 2. The number of nitrogens with zero attached hydrogens (tertiary/aromatic N) is 3. The van der Waals surface area contributed by atoms with E-state index in [1.807, 2.05) is 30.3 Å². The van der Waals surface area contributed by atoms with Crippen LogP contribution in [0.3, 0.4) is 0 Å². The molecule has 2 aromatic carbocycles. The first-order valence-corrected chi connectivity index (χ1v) is 11.9. The Hall–Kier alpha value is -2.29. The summed E-state index contributed by atoms with van der Waals surface area (Å²) in [6, 6.07) is 13.6. The van der Waals surface area contributed by atoms with E-state index in [9.17, 15) is 8.42 Å². The van der Waals surface area contributed by atoms with Crippen molar-refractivity contribution in [3.63, 3.8) is 0 Å². The first-order chi connectivity index (χ1) is 14.6. The van der Waals surface area contributed by atoms with Gasteiger partial charge in [-0.2, -0.15) is 4.31 Å². The third-order valence-corrected chi connectivity index (χ3v) is 8.18. The molecule has 0 aromatic heterocycles. The van der Waals surface area contributed by atoms with Gasteiger partial charge in [0.15, 0.2) is 0 Å². The van der Waals surface area contributed by atoms with Crippen molar-refractivity contribution in [1.82, 2.24) is 4.31 Å². The van der Waals surface area contributed by atoms with Gasteiger partial charge in [0.05, 0.1) is 36.6 Å². The van der Waals surface area contributed by atoms with Crippen LogP contribution in [0.5, 0.6) is 5.75 Å². The highest BCUT2D eigenvalue weighted by molar-refractivity contribution is 7.89. The van der Waals surface area contributed by atoms with Gasteiger partial charge in [0, 0.05) is 31.7 Å². The van der Waals surface area contributed by atoms with Gasteiger partial charge in [-0.3, -0.25) is 0 Å². The Kier molecular flexibility index (Phi) is 5.08. The van der Waals surface area contributed by atoms with Crippen LogP contribution < -0.4 is 14.5 Å². The van der Waals surface area contributed by atoms with E-state index >= 15 is 0 Å². The average Bonchev–Trinajstić information content (AvgIpc) is 3.37. The number of morpholine rings is 1. The zero-order valence-electron chi connectivity index (χ0n) is 17.2. The highest BCUT2D eigenvalue weighted by Gasteiger charge is 2.40. The molecule has 3 aliphatic rings. The second-order valence-electron chi connectivity index (χ2n) is 7.92. The molecule has 0 amide bonds. The van der Waals surface area contributed by atoms with E-state index in [0.717, 1.165) is 42.1 Å². The van der Waals surface area contributed by atoms with Crippen molar-refractivity contribution < 1.29 is 17.9 Å². The lowest BCUT2D eigenvalue weighted by Gasteiger charge is -2.28. The number of para-hydroxylation sites is 1. The van der Waals surface area contributed by atoms with Crippen LogP contribution in [0.4, 0.5) is 11.4 Å². The van der Waals surface area contributed by atoms with Gasteiger partial charge < -0.3 is 19.3 Å². The van der Waals surface area contributed by atoms with E-state index in [4.69, 9.17) is 9.47 Å². The van der Waals surface area contributed by atoms with Crippen LogP contribution in [0.1, 0.15) is 18.4 Å². The second kappa shape index (κ2) is 7.76. The van der Waals surface area contributed by atoms with Gasteiger partial charge in [0.1, 0.15) is 11.9 Å². The van der Waals surface area contributed by atoms with Crippen LogP contribution >= 0.6 is 0 Å². The smallest absolute Gasteiger partial charge is 0.243 e. The Morgan fingerprint density at radius 2 is 1.87 bits per heavy atom. The topological polar surface area (TPSA) is 62.3 Å². The Bertz CT molecular complexity index is 1040. The number of ether oxygens (including phenoxy) is 2. The summed E-state index contributed by atoms with van der Waals surface area (Å²) < 4.78 is 38.8. The molecule has 0 spiro atoms. The summed E-state index contributed by atoms with van der Waals surface area (Å²) in [7, 11) is -1.85. The fraction of sp³-hybridized carbons (Fsp3) is 0.455. The van der Waals surface area contributed by atoms with Crippen LogP contribution in [-0.4, -0.2) is 58.8 Å². The molecule has 160 valence electrons. The van der Waals surface area contributed by atoms with Gasteiger partial charge in [-0.15, -0.1) is 0 Å². The van der Waals surface area contributed by atoms with E-state index in [0.29, 0.717) is 37.7 Å². The van der Waals surface area contributed by atoms with Crippen LogP contribution in [0, 0.1) is 0 Å². The lowest BCUT2D eigenvalue weighted by atomic mass is 10.1. The fourth-order valence-electron chi connectivity index (χ4n) is 4.80. The lowest BCUT2D eigenvalue weighted by Crippen LogP contribution is -2.40. The Labute approximate surface area is 177 Å². The predicted molar refractivity (Wildman–Crippen MR) is 116 cm³/mol. The van der Waals surface area contributed by atoms with Crippen molar-refractivity contribution >= 4 is 21.4 Å². The Balaban J connectivity index is 1.52. The van der Waals surface area contributed by atoms with Gasteiger partial charge >= 0.3 is 0 Å². The van der Waals surface area contributed by atoms with Crippen molar-refractivity contribution in [2.45, 2.75) is 30.4 Å². The van der Waals surface area contributed by atoms with E-state index in [1.54, 1.807) is 13.2 Å². The van der Waals surface area contributed by atoms with Crippen LogP contribution in [0.15, 0.2) is 47.4 Å². The molecule has 2 aromatic rings. The monoisotopic (exact) mass is 429 g/mol. The molecular weight excluding hydrogens is 402 g/mol. The molecule has 2 saturated heterocycles. The number of methoxy groups -OCH3 is 1. The van der Waals surface area contributed by atoms with Gasteiger partial charge in [-0.1, -0.05) is 18.2 Å². The van der Waals surface area contributed by atoms with Crippen molar-refractivity contribution in [2.24, 2.45) is 0 Å². The quantitative estimate of drug-likeness (QED) is 0.728. The van der Waals surface area contributed by atoms with Gasteiger partial charge in [0.25, 0.3) is 0 Å². The molecule has 0 radical (unpaired) electrons. The van der Waals surface area contributed by atoms with E-state index in [1.165, 1.54) is 4.31 Å². The van der Waals surface area contributed by atoms with E-state index < -0.39 is 10.0 Å². The number of sulfonamides is 1. The highest BCUT2D eigenvalue weighted by atomic mass is 32.2. The standard InChI is InChI=1S/C22H27N3O4S/c1-28-21-6-3-2-5-17(21)16-25-20-15-18(30(26,27)23-11-13-29-14-12-23)8-9-19(20)24-10-4-7-22(24)25/h2-3,5-6,8-9,15,22H,4,7,10-14,16H2,1H3. The molecule has 0 bridgehead atoms. The minimum absolute atomic E-state index is 0.256. The maximum Gasteiger partial charge on any atom is 0.243 e. The first kappa shape index (κ1) is 19.7. The highest BCUT2D eigenvalue weighted by Crippen LogP contribution is 2.46. The molecule has 30 heavy (non-hydrogen) atoms.